The molecule has 1 aromatic heterocycles. The summed E-state index contributed by atoms with van der Waals surface area (Å²) in [7, 11) is 0. The van der Waals surface area contributed by atoms with E-state index >= 15 is 0 Å². The van der Waals surface area contributed by atoms with E-state index in [0.29, 0.717) is 41.8 Å². The van der Waals surface area contributed by atoms with Gasteiger partial charge in [0, 0.05) is 11.1 Å². The van der Waals surface area contributed by atoms with Crippen LogP contribution in [0.5, 0.6) is 0 Å². The maximum atomic E-state index is 12.8. The first-order valence-electron chi connectivity index (χ1n) is 8.65. The molecule has 1 aromatic carbocycles. The number of rotatable bonds is 2. The zero-order valence-electron chi connectivity index (χ0n) is 14.7. The molecular weight excluding hydrogens is 423 g/mol. The number of thioether (sulfide) groups is 1. The van der Waals surface area contributed by atoms with E-state index in [-0.39, 0.29) is 6.54 Å². The van der Waals surface area contributed by atoms with Crippen LogP contribution in [0.15, 0.2) is 34.9 Å². The van der Waals surface area contributed by atoms with Crippen molar-refractivity contribution < 1.29 is 14.4 Å². The van der Waals surface area contributed by atoms with Gasteiger partial charge < -0.3 is 5.73 Å². The van der Waals surface area contributed by atoms with Crippen LogP contribution in [0.4, 0.5) is 10.5 Å². The Bertz CT molecular complexity index is 1030. The number of nitrogens with two attached hydrogens (primary N) is 1. The van der Waals surface area contributed by atoms with Gasteiger partial charge in [0.1, 0.15) is 10.9 Å². The number of amides is 2. The molecule has 146 valence electrons. The van der Waals surface area contributed by atoms with Crippen molar-refractivity contribution in [3.05, 3.63) is 34.9 Å². The summed E-state index contributed by atoms with van der Waals surface area (Å²) < 4.78 is 0.372. The second kappa shape index (κ2) is 7.09. The molecule has 0 spiro atoms. The Hall–Kier alpha value is -2.03. The summed E-state index contributed by atoms with van der Waals surface area (Å²) >= 11 is 13.1. The molecule has 2 fully saturated rings. The molecule has 28 heavy (non-hydrogen) atoms. The largest absolute Gasteiger partial charge is 0.399 e. The normalized spacial score (nSPS) is 19.7. The summed E-state index contributed by atoms with van der Waals surface area (Å²) in [4.78, 5) is 39.2. The van der Waals surface area contributed by atoms with E-state index in [1.54, 1.807) is 18.2 Å². The van der Waals surface area contributed by atoms with Crippen LogP contribution in [0.3, 0.4) is 0 Å². The van der Waals surface area contributed by atoms with Crippen LogP contribution in [0.25, 0.3) is 10.9 Å². The molecule has 4 rings (SSSR count). The Morgan fingerprint density at radius 3 is 2.68 bits per heavy atom. The van der Waals surface area contributed by atoms with Crippen molar-refractivity contribution in [2.24, 2.45) is 0 Å². The number of hydrogen-bond donors (Lipinski definition) is 1. The summed E-state index contributed by atoms with van der Waals surface area (Å²) in [6.45, 7) is -0.387. The van der Waals surface area contributed by atoms with E-state index in [1.165, 1.54) is 6.20 Å². The lowest BCUT2D eigenvalue weighted by atomic mass is 9.93. The molecule has 2 N–H and O–H groups in total. The van der Waals surface area contributed by atoms with Gasteiger partial charge in [-0.3, -0.25) is 19.3 Å². The number of allylic oxidation sites excluding steroid dienone is 1. The number of fused-ring (bicyclic) bond motifs is 1. The van der Waals surface area contributed by atoms with Gasteiger partial charge in [-0.1, -0.05) is 5.57 Å². The summed E-state index contributed by atoms with van der Waals surface area (Å²) in [6, 6.07) is 5.09. The summed E-state index contributed by atoms with van der Waals surface area (Å²) in [5.74, 6) is -0.940. The van der Waals surface area contributed by atoms with Crippen LogP contribution in [0, 0.1) is 0 Å². The molecule has 1 saturated carbocycles. The highest BCUT2D eigenvalue weighted by molar-refractivity contribution is 8.18. The van der Waals surface area contributed by atoms with E-state index < -0.39 is 21.4 Å². The second-order valence-corrected chi connectivity index (χ2v) is 9.42. The summed E-state index contributed by atoms with van der Waals surface area (Å²) in [5, 5.41) is 4.34. The first-order chi connectivity index (χ1) is 13.2. The Morgan fingerprint density at radius 1 is 1.25 bits per heavy atom. The predicted molar refractivity (Wildman–Crippen MR) is 109 cm³/mol. The van der Waals surface area contributed by atoms with Gasteiger partial charge in [0.05, 0.1) is 16.6 Å². The van der Waals surface area contributed by atoms with Gasteiger partial charge in [-0.05, 0) is 55.6 Å². The van der Waals surface area contributed by atoms with Crippen molar-refractivity contribution in [3.63, 3.8) is 0 Å². The third-order valence-corrected chi connectivity index (χ3v) is 6.70. The standard InChI is InChI=1S/C18H16Cl2N4O3S/c19-18(20)5-3-10(4-6-18)15-16(26)23(17(27)28-15)9-14(25)24-13-7-12(21)2-1-11(13)8-22-24/h1-2,7-8H,3-6,9,21H2. The SMILES string of the molecule is Nc1ccc2cnn(C(=O)CN3C(=O)SC(=C4CCC(Cl)(Cl)CC4)C3=O)c2c1. The lowest BCUT2D eigenvalue weighted by molar-refractivity contribution is -0.122. The first-order valence-corrected chi connectivity index (χ1v) is 10.2. The van der Waals surface area contributed by atoms with Crippen LogP contribution >= 0.6 is 35.0 Å². The summed E-state index contributed by atoms with van der Waals surface area (Å²) in [5.41, 5.74) is 7.67. The Balaban J connectivity index is 1.55. The van der Waals surface area contributed by atoms with Crippen LogP contribution in [-0.2, 0) is 4.79 Å². The second-order valence-electron chi connectivity index (χ2n) is 6.82. The topological polar surface area (TPSA) is 98.3 Å². The van der Waals surface area contributed by atoms with Gasteiger partial charge in [0.15, 0.2) is 0 Å². The third kappa shape index (κ3) is 3.52. The van der Waals surface area contributed by atoms with Gasteiger partial charge in [-0.2, -0.15) is 9.78 Å². The number of nitrogen functional groups attached to an aromatic ring is 1. The van der Waals surface area contributed by atoms with Crippen molar-refractivity contribution in [2.45, 2.75) is 30.0 Å². The average Bonchev–Trinajstić information content (AvgIpc) is 3.17. The Morgan fingerprint density at radius 2 is 1.96 bits per heavy atom. The molecule has 2 amide bonds. The maximum Gasteiger partial charge on any atom is 0.294 e. The van der Waals surface area contributed by atoms with Gasteiger partial charge in [-0.25, -0.2) is 0 Å². The minimum Gasteiger partial charge on any atom is -0.399 e. The first kappa shape index (κ1) is 19.3. The molecule has 1 saturated heterocycles. The maximum absolute atomic E-state index is 12.8. The molecule has 0 atom stereocenters. The van der Waals surface area contributed by atoms with E-state index in [1.807, 2.05) is 0 Å². The van der Waals surface area contributed by atoms with Crippen LogP contribution in [-0.4, -0.2) is 42.6 Å². The zero-order chi connectivity index (χ0) is 20.1. The zero-order valence-corrected chi connectivity index (χ0v) is 17.0. The fourth-order valence-corrected chi connectivity index (χ4v) is 4.69. The molecule has 0 radical (unpaired) electrons. The number of alkyl halides is 2. The van der Waals surface area contributed by atoms with Crippen molar-refractivity contribution in [3.8, 4) is 0 Å². The Labute approximate surface area is 174 Å². The van der Waals surface area contributed by atoms with E-state index in [2.05, 4.69) is 5.10 Å². The molecule has 0 unspecified atom stereocenters. The monoisotopic (exact) mass is 438 g/mol. The molecule has 2 aliphatic rings. The molecular formula is C18H16Cl2N4O3S. The number of carbonyl (C=O) groups is 3. The van der Waals surface area contributed by atoms with Crippen molar-refractivity contribution in [2.75, 3.05) is 12.3 Å². The highest BCUT2D eigenvalue weighted by Crippen LogP contribution is 2.44. The molecule has 1 aliphatic carbocycles. The van der Waals surface area contributed by atoms with Gasteiger partial charge in [0.25, 0.3) is 17.1 Å². The van der Waals surface area contributed by atoms with Crippen LogP contribution < -0.4 is 5.73 Å². The average molecular weight is 439 g/mol. The van der Waals surface area contributed by atoms with Crippen molar-refractivity contribution in [1.29, 1.82) is 0 Å². The third-order valence-electron chi connectivity index (χ3n) is 4.88. The highest BCUT2D eigenvalue weighted by Gasteiger charge is 2.40. The van der Waals surface area contributed by atoms with Crippen molar-refractivity contribution >= 4 is 68.6 Å². The molecule has 2 heterocycles. The number of aromatic nitrogens is 2. The van der Waals surface area contributed by atoms with Crippen LogP contribution in [0.1, 0.15) is 30.5 Å². The molecule has 1 aliphatic heterocycles. The number of halogens is 2. The van der Waals surface area contributed by atoms with Gasteiger partial charge in [-0.15, -0.1) is 23.2 Å². The fraction of sp³-hybridized carbons (Fsp3) is 0.333. The van der Waals surface area contributed by atoms with E-state index in [0.717, 1.165) is 32.3 Å². The Kier molecular flexibility index (Phi) is 4.89. The van der Waals surface area contributed by atoms with E-state index in [9.17, 15) is 14.4 Å². The molecule has 7 nitrogen and oxygen atoms in total. The number of anilines is 1. The smallest absolute Gasteiger partial charge is 0.294 e. The number of benzene rings is 1. The predicted octanol–water partition coefficient (Wildman–Crippen LogP) is 3.96. The van der Waals surface area contributed by atoms with E-state index in [4.69, 9.17) is 28.9 Å². The fourth-order valence-electron chi connectivity index (χ4n) is 3.33. The molecule has 2 aromatic rings. The van der Waals surface area contributed by atoms with Gasteiger partial charge in [0.2, 0.25) is 0 Å². The lowest BCUT2D eigenvalue weighted by Gasteiger charge is -2.26. The van der Waals surface area contributed by atoms with Crippen molar-refractivity contribution in [1.82, 2.24) is 14.7 Å². The number of carbonyl (C=O) groups excluding carboxylic acids is 3. The molecule has 0 bridgehead atoms. The number of imide groups is 1. The van der Waals surface area contributed by atoms with Crippen LogP contribution in [0.2, 0.25) is 0 Å². The number of nitrogens with zero attached hydrogens (tertiary/aromatic N) is 3. The summed E-state index contributed by atoms with van der Waals surface area (Å²) in [6.07, 6.45) is 3.70. The lowest BCUT2D eigenvalue weighted by Crippen LogP contribution is -2.36. The minimum atomic E-state index is -0.793. The molecule has 10 heteroatoms. The number of hydrogen-bond acceptors (Lipinski definition) is 6. The highest BCUT2D eigenvalue weighted by atomic mass is 35.5. The quantitative estimate of drug-likeness (QED) is 0.432. The van der Waals surface area contributed by atoms with Gasteiger partial charge >= 0.3 is 0 Å². The minimum absolute atomic E-state index is 0.385.